The summed E-state index contributed by atoms with van der Waals surface area (Å²) in [4.78, 5) is 15.9. The van der Waals surface area contributed by atoms with Gasteiger partial charge in [-0.25, -0.2) is 9.78 Å². The van der Waals surface area contributed by atoms with Gasteiger partial charge >= 0.3 is 6.16 Å². The molecule has 7 heteroatoms. The Morgan fingerprint density at radius 2 is 1.96 bits per heavy atom. The average molecular weight is 349 g/mol. The van der Waals surface area contributed by atoms with E-state index in [1.807, 2.05) is 41.7 Å². The largest absolute Gasteiger partial charge is 0.513 e. The summed E-state index contributed by atoms with van der Waals surface area (Å²) >= 11 is 0. The van der Waals surface area contributed by atoms with E-state index in [0.717, 1.165) is 16.6 Å². The summed E-state index contributed by atoms with van der Waals surface area (Å²) in [7, 11) is 1.26. The fourth-order valence-electron chi connectivity index (χ4n) is 2.78. The lowest BCUT2D eigenvalue weighted by molar-refractivity contribution is 0.121. The molecule has 0 N–H and O–H groups in total. The smallest absolute Gasteiger partial charge is 0.437 e. The molecule has 0 fully saturated rings. The lowest BCUT2D eigenvalue weighted by atomic mass is 10.1. The number of ether oxygens (including phenoxy) is 2. The molecule has 1 aromatic carbocycles. The quantitative estimate of drug-likeness (QED) is 0.518. The van der Waals surface area contributed by atoms with Crippen molar-refractivity contribution in [1.82, 2.24) is 14.5 Å². The minimum absolute atomic E-state index is 0.346. The molecule has 0 radical (unpaired) electrons. The van der Waals surface area contributed by atoms with E-state index < -0.39 is 6.16 Å². The second-order valence-electron chi connectivity index (χ2n) is 5.63. The topological polar surface area (TPSA) is 78.9 Å². The third kappa shape index (κ3) is 2.69. The van der Waals surface area contributed by atoms with Gasteiger partial charge in [-0.05, 0) is 19.1 Å². The van der Waals surface area contributed by atoms with E-state index in [2.05, 4.69) is 14.9 Å². The Morgan fingerprint density at radius 1 is 1.15 bits per heavy atom. The third-order valence-corrected chi connectivity index (χ3v) is 4.00. The highest BCUT2D eigenvalue weighted by molar-refractivity contribution is 5.80. The van der Waals surface area contributed by atoms with Gasteiger partial charge in [-0.3, -0.25) is 4.40 Å². The average Bonchev–Trinajstić information content (AvgIpc) is 3.25. The summed E-state index contributed by atoms with van der Waals surface area (Å²) in [5.41, 5.74) is 3.26. The number of aryl methyl sites for hydroxylation is 1. The Labute approximate surface area is 148 Å². The van der Waals surface area contributed by atoms with Gasteiger partial charge in [0.05, 0.1) is 30.6 Å². The van der Waals surface area contributed by atoms with Crippen LogP contribution in [-0.2, 0) is 4.74 Å². The van der Waals surface area contributed by atoms with Crippen LogP contribution in [0.15, 0.2) is 59.4 Å². The first-order chi connectivity index (χ1) is 12.7. The van der Waals surface area contributed by atoms with Gasteiger partial charge < -0.3 is 14.0 Å². The number of carbonyl (C=O) groups excluding carboxylic acids is 1. The number of methoxy groups -OCH3 is 1. The van der Waals surface area contributed by atoms with Crippen molar-refractivity contribution in [3.8, 4) is 28.4 Å². The van der Waals surface area contributed by atoms with Gasteiger partial charge in [0.15, 0.2) is 5.75 Å². The maximum absolute atomic E-state index is 11.4. The predicted molar refractivity (Wildman–Crippen MR) is 93.9 cm³/mol. The Hall–Kier alpha value is -3.61. The number of imidazole rings is 1. The summed E-state index contributed by atoms with van der Waals surface area (Å²) < 4.78 is 16.9. The molecule has 0 unspecified atom stereocenters. The Morgan fingerprint density at radius 3 is 2.73 bits per heavy atom. The molecule has 4 aromatic rings. The highest BCUT2D eigenvalue weighted by Gasteiger charge is 2.21. The minimum atomic E-state index is -0.780. The van der Waals surface area contributed by atoms with Crippen LogP contribution in [0.5, 0.6) is 5.75 Å². The number of fused-ring (bicyclic) bond motifs is 1. The van der Waals surface area contributed by atoms with E-state index in [9.17, 15) is 4.79 Å². The summed E-state index contributed by atoms with van der Waals surface area (Å²) in [5, 5.41) is 4.20. The zero-order valence-electron chi connectivity index (χ0n) is 14.2. The first-order valence-corrected chi connectivity index (χ1v) is 7.92. The number of benzene rings is 1. The van der Waals surface area contributed by atoms with Crippen molar-refractivity contribution in [1.29, 1.82) is 0 Å². The molecule has 0 spiro atoms. The molecule has 0 saturated carbocycles. The van der Waals surface area contributed by atoms with Crippen LogP contribution in [0.4, 0.5) is 4.79 Å². The second kappa shape index (κ2) is 6.36. The highest BCUT2D eigenvalue weighted by Crippen LogP contribution is 2.34. The molecule has 0 saturated heterocycles. The number of hydrogen-bond donors (Lipinski definition) is 0. The van der Waals surface area contributed by atoms with E-state index in [0.29, 0.717) is 23.0 Å². The maximum atomic E-state index is 11.4. The molecule has 3 aromatic heterocycles. The van der Waals surface area contributed by atoms with Gasteiger partial charge in [0, 0.05) is 5.56 Å². The molecule has 7 nitrogen and oxygen atoms in total. The molecule has 0 bridgehead atoms. The molecule has 130 valence electrons. The predicted octanol–water partition coefficient (Wildman–Crippen LogP) is 4.11. The molecule has 26 heavy (non-hydrogen) atoms. The van der Waals surface area contributed by atoms with Crippen molar-refractivity contribution in [3.05, 3.63) is 60.6 Å². The first kappa shape index (κ1) is 15.9. The fourth-order valence-corrected chi connectivity index (χ4v) is 2.78. The highest BCUT2D eigenvalue weighted by atomic mass is 16.7. The normalized spacial score (nSPS) is 10.8. The maximum Gasteiger partial charge on any atom is 0.513 e. The molecule has 0 aliphatic heterocycles. The van der Waals surface area contributed by atoms with Crippen molar-refractivity contribution in [2.45, 2.75) is 6.92 Å². The van der Waals surface area contributed by atoms with Crippen molar-refractivity contribution in [2.75, 3.05) is 7.11 Å². The van der Waals surface area contributed by atoms with E-state index in [-0.39, 0.29) is 0 Å². The van der Waals surface area contributed by atoms with Gasteiger partial charge in [0.1, 0.15) is 17.3 Å². The minimum Gasteiger partial charge on any atom is -0.437 e. The number of hydrogen-bond acceptors (Lipinski definition) is 6. The number of pyridine rings is 1. The Kier molecular flexibility index (Phi) is 3.89. The summed E-state index contributed by atoms with van der Waals surface area (Å²) in [6, 6.07) is 13.2. The number of aromatic nitrogens is 3. The number of rotatable bonds is 3. The van der Waals surface area contributed by atoms with Gasteiger partial charge in [-0.2, -0.15) is 0 Å². The molecule has 0 atom stereocenters. The zero-order chi connectivity index (χ0) is 18.1. The number of carbonyl (C=O) groups is 1. The SMILES string of the molecule is COC(=O)Oc1ccc2cnc(-c3c(-c4ccccc4)noc3C)n2c1. The van der Waals surface area contributed by atoms with Crippen LogP contribution in [0.1, 0.15) is 5.76 Å². The van der Waals surface area contributed by atoms with Crippen molar-refractivity contribution in [2.24, 2.45) is 0 Å². The summed E-state index contributed by atoms with van der Waals surface area (Å²) in [6.07, 6.45) is 2.63. The van der Waals surface area contributed by atoms with Crippen LogP contribution < -0.4 is 4.74 Å². The van der Waals surface area contributed by atoms with E-state index in [4.69, 9.17) is 9.26 Å². The lowest BCUT2D eigenvalue weighted by Gasteiger charge is -2.06. The van der Waals surface area contributed by atoms with Crippen molar-refractivity contribution >= 4 is 11.7 Å². The van der Waals surface area contributed by atoms with Gasteiger partial charge in [0.25, 0.3) is 0 Å². The van der Waals surface area contributed by atoms with Gasteiger partial charge in [0.2, 0.25) is 0 Å². The van der Waals surface area contributed by atoms with Crippen LogP contribution in [0.3, 0.4) is 0 Å². The van der Waals surface area contributed by atoms with E-state index in [1.165, 1.54) is 7.11 Å². The van der Waals surface area contributed by atoms with Crippen LogP contribution >= 0.6 is 0 Å². The fraction of sp³-hybridized carbons (Fsp3) is 0.105. The lowest BCUT2D eigenvalue weighted by Crippen LogP contribution is -2.07. The number of nitrogens with zero attached hydrogens (tertiary/aromatic N) is 3. The molecule has 0 aliphatic rings. The Bertz CT molecular complexity index is 1080. The monoisotopic (exact) mass is 349 g/mol. The molecular weight excluding hydrogens is 334 g/mol. The van der Waals surface area contributed by atoms with Crippen LogP contribution in [-0.4, -0.2) is 27.8 Å². The molecule has 4 rings (SSSR count). The van der Waals surface area contributed by atoms with Gasteiger partial charge in [-0.1, -0.05) is 35.5 Å². The first-order valence-electron chi connectivity index (χ1n) is 7.92. The summed E-state index contributed by atoms with van der Waals surface area (Å²) in [6.45, 7) is 1.84. The zero-order valence-corrected chi connectivity index (χ0v) is 14.2. The van der Waals surface area contributed by atoms with E-state index >= 15 is 0 Å². The molecular formula is C19H15N3O4. The standard InChI is InChI=1S/C19H15N3O4/c1-12-16(17(21-26-12)13-6-4-3-5-7-13)18-20-10-14-8-9-15(11-22(14)18)25-19(23)24-2/h3-11H,1-2H3. The van der Waals surface area contributed by atoms with Crippen molar-refractivity contribution < 1.29 is 18.8 Å². The molecule has 3 heterocycles. The Balaban J connectivity index is 1.86. The van der Waals surface area contributed by atoms with Crippen LogP contribution in [0, 0.1) is 6.92 Å². The van der Waals surface area contributed by atoms with Gasteiger partial charge in [-0.15, -0.1) is 0 Å². The molecule has 0 amide bonds. The molecule has 0 aliphatic carbocycles. The van der Waals surface area contributed by atoms with E-state index in [1.54, 1.807) is 24.5 Å². The van der Waals surface area contributed by atoms with Crippen LogP contribution in [0.2, 0.25) is 0 Å². The van der Waals surface area contributed by atoms with Crippen LogP contribution in [0.25, 0.3) is 28.2 Å². The summed E-state index contributed by atoms with van der Waals surface area (Å²) in [5.74, 6) is 1.64. The third-order valence-electron chi connectivity index (χ3n) is 4.00. The second-order valence-corrected chi connectivity index (χ2v) is 5.63. The van der Waals surface area contributed by atoms with Crippen molar-refractivity contribution in [3.63, 3.8) is 0 Å².